The summed E-state index contributed by atoms with van der Waals surface area (Å²) < 4.78 is 11.6. The van der Waals surface area contributed by atoms with Gasteiger partial charge >= 0.3 is 5.97 Å². The van der Waals surface area contributed by atoms with Crippen molar-refractivity contribution in [2.24, 2.45) is 0 Å². The highest BCUT2D eigenvalue weighted by Crippen LogP contribution is 2.16. The second-order valence-electron chi connectivity index (χ2n) is 6.53. The van der Waals surface area contributed by atoms with Crippen molar-refractivity contribution in [3.05, 3.63) is 65.7 Å². The normalized spacial score (nSPS) is 17.8. The van der Waals surface area contributed by atoms with Gasteiger partial charge in [-0.15, -0.1) is 0 Å². The van der Waals surface area contributed by atoms with Crippen LogP contribution in [0.2, 0.25) is 0 Å². The van der Waals surface area contributed by atoms with Crippen molar-refractivity contribution in [3.63, 3.8) is 0 Å². The van der Waals surface area contributed by atoms with E-state index in [0.29, 0.717) is 12.4 Å². The summed E-state index contributed by atoms with van der Waals surface area (Å²) in [4.78, 5) is 13.3. The molecule has 5 heteroatoms. The van der Waals surface area contributed by atoms with Crippen molar-refractivity contribution < 1.29 is 19.4 Å². The number of nitrogens with zero attached hydrogens (tertiary/aromatic N) is 1. The zero-order chi connectivity index (χ0) is 18.2. The van der Waals surface area contributed by atoms with Gasteiger partial charge in [0, 0.05) is 19.6 Å². The topological polar surface area (TPSA) is 59.0 Å². The van der Waals surface area contributed by atoms with Gasteiger partial charge in [0.15, 0.2) is 0 Å². The molecule has 5 nitrogen and oxygen atoms in total. The highest BCUT2D eigenvalue weighted by molar-refractivity contribution is 5.87. The Balaban J connectivity index is 1.37. The zero-order valence-corrected chi connectivity index (χ0v) is 14.8. The molecule has 0 radical (unpaired) electrons. The molecule has 1 unspecified atom stereocenters. The number of carboxylic acid groups (broad SMARTS) is 1. The van der Waals surface area contributed by atoms with E-state index in [0.717, 1.165) is 39.1 Å². The molecule has 0 spiro atoms. The van der Waals surface area contributed by atoms with E-state index in [1.165, 1.54) is 5.56 Å². The molecule has 1 aliphatic rings. The molecule has 1 fully saturated rings. The number of morpholine rings is 1. The molecule has 138 valence electrons. The molecular weight excluding hydrogens is 330 g/mol. The van der Waals surface area contributed by atoms with E-state index in [2.05, 4.69) is 29.2 Å². The van der Waals surface area contributed by atoms with Gasteiger partial charge in [0.1, 0.15) is 5.75 Å². The first-order chi connectivity index (χ1) is 12.7. The summed E-state index contributed by atoms with van der Waals surface area (Å²) in [7, 11) is 0. The minimum Gasteiger partial charge on any atom is -0.494 e. The molecule has 1 atom stereocenters. The summed E-state index contributed by atoms with van der Waals surface area (Å²) in [6.45, 7) is 4.26. The number of carbonyl (C=O) groups is 1. The Labute approximate surface area is 154 Å². The first-order valence-corrected chi connectivity index (χ1v) is 9.05. The quantitative estimate of drug-likeness (QED) is 0.735. The third-order valence-corrected chi connectivity index (χ3v) is 4.51. The number of aromatic carboxylic acids is 1. The lowest BCUT2D eigenvalue weighted by atomic mass is 10.1. The summed E-state index contributed by atoms with van der Waals surface area (Å²) >= 11 is 0. The van der Waals surface area contributed by atoms with Gasteiger partial charge in [0.05, 0.1) is 24.9 Å². The number of hydrogen-bond donors (Lipinski definition) is 1. The molecule has 2 aromatic rings. The monoisotopic (exact) mass is 355 g/mol. The SMILES string of the molecule is O=C(O)c1ccc(OCCCC2CN(Cc3ccccc3)CCO2)cc1. The van der Waals surface area contributed by atoms with Crippen LogP contribution in [-0.2, 0) is 11.3 Å². The van der Waals surface area contributed by atoms with Gasteiger partial charge in [-0.2, -0.15) is 0 Å². The fourth-order valence-corrected chi connectivity index (χ4v) is 3.14. The second kappa shape index (κ2) is 9.36. The van der Waals surface area contributed by atoms with Gasteiger partial charge in [-0.25, -0.2) is 4.79 Å². The Hall–Kier alpha value is -2.37. The molecule has 1 saturated heterocycles. The lowest BCUT2D eigenvalue weighted by Gasteiger charge is -2.33. The predicted molar refractivity (Wildman–Crippen MR) is 99.6 cm³/mol. The Kier molecular flexibility index (Phi) is 6.63. The Morgan fingerprint density at radius 3 is 2.65 bits per heavy atom. The Bertz CT molecular complexity index is 687. The van der Waals surface area contributed by atoms with Crippen LogP contribution in [0.3, 0.4) is 0 Å². The Morgan fingerprint density at radius 1 is 1.15 bits per heavy atom. The molecule has 0 saturated carbocycles. The van der Waals surface area contributed by atoms with E-state index in [9.17, 15) is 4.79 Å². The van der Waals surface area contributed by atoms with Crippen LogP contribution in [0.1, 0.15) is 28.8 Å². The molecule has 0 aliphatic carbocycles. The summed E-state index contributed by atoms with van der Waals surface area (Å²) in [5.41, 5.74) is 1.60. The molecule has 1 N–H and O–H groups in total. The van der Waals surface area contributed by atoms with Crippen molar-refractivity contribution in [3.8, 4) is 5.75 Å². The standard InChI is InChI=1S/C21H25NO4/c23-21(24)18-8-10-19(11-9-18)25-13-4-7-20-16-22(12-14-26-20)15-17-5-2-1-3-6-17/h1-3,5-6,8-11,20H,4,7,12-16H2,(H,23,24). The highest BCUT2D eigenvalue weighted by atomic mass is 16.5. The molecule has 0 bridgehead atoms. The van der Waals surface area contributed by atoms with Crippen molar-refractivity contribution in [1.29, 1.82) is 0 Å². The lowest BCUT2D eigenvalue weighted by Crippen LogP contribution is -2.42. The van der Waals surface area contributed by atoms with Crippen molar-refractivity contribution >= 4 is 5.97 Å². The first kappa shape index (κ1) is 18.4. The summed E-state index contributed by atoms with van der Waals surface area (Å²) in [5, 5.41) is 8.89. The molecule has 1 aliphatic heterocycles. The molecule has 1 heterocycles. The Morgan fingerprint density at radius 2 is 1.92 bits per heavy atom. The van der Waals surface area contributed by atoms with Crippen LogP contribution in [-0.4, -0.2) is 48.4 Å². The van der Waals surface area contributed by atoms with Gasteiger partial charge in [-0.3, -0.25) is 4.90 Å². The van der Waals surface area contributed by atoms with Crippen LogP contribution in [0.5, 0.6) is 5.75 Å². The van der Waals surface area contributed by atoms with Crippen LogP contribution in [0.25, 0.3) is 0 Å². The van der Waals surface area contributed by atoms with E-state index >= 15 is 0 Å². The summed E-state index contributed by atoms with van der Waals surface area (Å²) in [6, 6.07) is 17.0. The van der Waals surface area contributed by atoms with Gasteiger partial charge < -0.3 is 14.6 Å². The summed E-state index contributed by atoms with van der Waals surface area (Å²) in [6.07, 6.45) is 2.11. The van der Waals surface area contributed by atoms with Crippen molar-refractivity contribution in [1.82, 2.24) is 4.90 Å². The minimum absolute atomic E-state index is 0.241. The second-order valence-corrected chi connectivity index (χ2v) is 6.53. The van der Waals surface area contributed by atoms with Crippen LogP contribution in [0.4, 0.5) is 0 Å². The van der Waals surface area contributed by atoms with Crippen LogP contribution in [0.15, 0.2) is 54.6 Å². The number of carboxylic acids is 1. The van der Waals surface area contributed by atoms with Crippen LogP contribution in [0, 0.1) is 0 Å². The maximum absolute atomic E-state index is 10.8. The van der Waals surface area contributed by atoms with Gasteiger partial charge in [0.25, 0.3) is 0 Å². The molecule has 26 heavy (non-hydrogen) atoms. The number of ether oxygens (including phenoxy) is 2. The molecule has 2 aromatic carbocycles. The van der Waals surface area contributed by atoms with E-state index < -0.39 is 5.97 Å². The number of benzene rings is 2. The summed E-state index contributed by atoms with van der Waals surface area (Å²) in [5.74, 6) is -0.226. The van der Waals surface area contributed by atoms with E-state index in [1.54, 1.807) is 24.3 Å². The minimum atomic E-state index is -0.925. The van der Waals surface area contributed by atoms with E-state index in [1.807, 2.05) is 6.07 Å². The van der Waals surface area contributed by atoms with E-state index in [4.69, 9.17) is 14.6 Å². The number of rotatable bonds is 8. The maximum atomic E-state index is 10.8. The molecule has 0 aromatic heterocycles. The van der Waals surface area contributed by atoms with Crippen LogP contribution >= 0.6 is 0 Å². The lowest BCUT2D eigenvalue weighted by molar-refractivity contribution is -0.0367. The molecular formula is C21H25NO4. The fraction of sp³-hybridized carbons (Fsp3) is 0.381. The zero-order valence-electron chi connectivity index (χ0n) is 14.8. The maximum Gasteiger partial charge on any atom is 0.335 e. The average molecular weight is 355 g/mol. The first-order valence-electron chi connectivity index (χ1n) is 9.05. The average Bonchev–Trinajstić information content (AvgIpc) is 2.67. The van der Waals surface area contributed by atoms with Gasteiger partial charge in [-0.1, -0.05) is 30.3 Å². The highest BCUT2D eigenvalue weighted by Gasteiger charge is 2.20. The fourth-order valence-electron chi connectivity index (χ4n) is 3.14. The van der Waals surface area contributed by atoms with Gasteiger partial charge in [0.2, 0.25) is 0 Å². The number of hydrogen-bond acceptors (Lipinski definition) is 4. The van der Waals surface area contributed by atoms with Crippen molar-refractivity contribution in [2.75, 3.05) is 26.3 Å². The molecule has 3 rings (SSSR count). The van der Waals surface area contributed by atoms with Gasteiger partial charge in [-0.05, 0) is 42.7 Å². The predicted octanol–water partition coefficient (Wildman–Crippen LogP) is 3.44. The smallest absolute Gasteiger partial charge is 0.335 e. The third-order valence-electron chi connectivity index (χ3n) is 4.51. The molecule has 0 amide bonds. The van der Waals surface area contributed by atoms with E-state index in [-0.39, 0.29) is 11.7 Å². The van der Waals surface area contributed by atoms with Crippen LogP contribution < -0.4 is 4.74 Å². The third kappa shape index (κ3) is 5.58. The largest absolute Gasteiger partial charge is 0.494 e. The van der Waals surface area contributed by atoms with Crippen molar-refractivity contribution in [2.45, 2.75) is 25.5 Å².